The van der Waals surface area contributed by atoms with E-state index in [2.05, 4.69) is 0 Å². The summed E-state index contributed by atoms with van der Waals surface area (Å²) in [6.45, 7) is 4.17. The standard InChI is InChI=1S/C9H20O2S/c1-8(11)9(2)12-7-5-3-4-6-10/h8-11H,3-7H2,1-2H3. The fraction of sp³-hybridized carbons (Fsp3) is 1.00. The Labute approximate surface area is 79.4 Å². The van der Waals surface area contributed by atoms with Gasteiger partial charge in [-0.05, 0) is 25.5 Å². The molecular formula is C9H20O2S. The van der Waals surface area contributed by atoms with Crippen LogP contribution < -0.4 is 0 Å². The van der Waals surface area contributed by atoms with E-state index in [4.69, 9.17) is 10.2 Å². The summed E-state index contributed by atoms with van der Waals surface area (Å²) in [4.78, 5) is 0. The zero-order chi connectivity index (χ0) is 9.40. The van der Waals surface area contributed by atoms with Crippen molar-refractivity contribution in [2.45, 2.75) is 44.5 Å². The molecule has 0 radical (unpaired) electrons. The van der Waals surface area contributed by atoms with Gasteiger partial charge in [0, 0.05) is 11.9 Å². The van der Waals surface area contributed by atoms with Gasteiger partial charge in [0.2, 0.25) is 0 Å². The van der Waals surface area contributed by atoms with Crippen LogP contribution in [0.2, 0.25) is 0 Å². The zero-order valence-electron chi connectivity index (χ0n) is 7.99. The normalized spacial score (nSPS) is 16.0. The van der Waals surface area contributed by atoms with E-state index in [0.717, 1.165) is 25.0 Å². The van der Waals surface area contributed by atoms with Gasteiger partial charge in [-0.25, -0.2) is 0 Å². The summed E-state index contributed by atoms with van der Waals surface area (Å²) in [7, 11) is 0. The molecule has 0 amide bonds. The summed E-state index contributed by atoms with van der Waals surface area (Å²) in [5.74, 6) is 1.09. The van der Waals surface area contributed by atoms with Crippen LogP contribution >= 0.6 is 11.8 Å². The van der Waals surface area contributed by atoms with Gasteiger partial charge >= 0.3 is 0 Å². The fourth-order valence-electron chi connectivity index (χ4n) is 0.799. The highest BCUT2D eigenvalue weighted by molar-refractivity contribution is 7.99. The van der Waals surface area contributed by atoms with E-state index < -0.39 is 0 Å². The van der Waals surface area contributed by atoms with Crippen LogP contribution in [0, 0.1) is 0 Å². The van der Waals surface area contributed by atoms with Crippen molar-refractivity contribution in [2.75, 3.05) is 12.4 Å². The minimum atomic E-state index is -0.215. The van der Waals surface area contributed by atoms with Crippen molar-refractivity contribution < 1.29 is 10.2 Å². The van der Waals surface area contributed by atoms with Crippen LogP contribution in [0.25, 0.3) is 0 Å². The second-order valence-corrected chi connectivity index (χ2v) is 4.59. The number of unbranched alkanes of at least 4 members (excludes halogenated alkanes) is 2. The van der Waals surface area contributed by atoms with Crippen LogP contribution in [0.5, 0.6) is 0 Å². The van der Waals surface area contributed by atoms with Crippen molar-refractivity contribution in [1.82, 2.24) is 0 Å². The molecule has 2 N–H and O–H groups in total. The second kappa shape index (κ2) is 7.90. The van der Waals surface area contributed by atoms with E-state index >= 15 is 0 Å². The molecule has 0 saturated heterocycles. The van der Waals surface area contributed by atoms with Gasteiger partial charge in [-0.1, -0.05) is 13.3 Å². The van der Waals surface area contributed by atoms with Crippen molar-refractivity contribution in [1.29, 1.82) is 0 Å². The fourth-order valence-corrected chi connectivity index (χ4v) is 1.82. The molecule has 0 fully saturated rings. The predicted molar refractivity (Wildman–Crippen MR) is 54.5 cm³/mol. The van der Waals surface area contributed by atoms with Crippen LogP contribution in [-0.4, -0.2) is 33.9 Å². The Kier molecular flexibility index (Phi) is 8.07. The van der Waals surface area contributed by atoms with E-state index in [1.165, 1.54) is 0 Å². The maximum Gasteiger partial charge on any atom is 0.0627 e. The Morgan fingerprint density at radius 3 is 2.33 bits per heavy atom. The first-order valence-corrected chi connectivity index (χ1v) is 5.64. The van der Waals surface area contributed by atoms with Crippen LogP contribution in [0.4, 0.5) is 0 Å². The van der Waals surface area contributed by atoms with Gasteiger partial charge in [0.05, 0.1) is 6.10 Å². The predicted octanol–water partition coefficient (Wildman–Crippen LogP) is 1.65. The largest absolute Gasteiger partial charge is 0.396 e. The molecule has 2 nitrogen and oxygen atoms in total. The van der Waals surface area contributed by atoms with Gasteiger partial charge < -0.3 is 10.2 Å². The second-order valence-electron chi connectivity index (χ2n) is 3.10. The lowest BCUT2D eigenvalue weighted by Gasteiger charge is -2.13. The minimum Gasteiger partial charge on any atom is -0.396 e. The van der Waals surface area contributed by atoms with Gasteiger partial charge in [0.25, 0.3) is 0 Å². The van der Waals surface area contributed by atoms with Crippen molar-refractivity contribution >= 4 is 11.8 Å². The molecule has 2 unspecified atom stereocenters. The number of hydrogen-bond donors (Lipinski definition) is 2. The number of thioether (sulfide) groups is 1. The zero-order valence-corrected chi connectivity index (χ0v) is 8.81. The number of hydrogen-bond acceptors (Lipinski definition) is 3. The van der Waals surface area contributed by atoms with Crippen LogP contribution in [0.3, 0.4) is 0 Å². The highest BCUT2D eigenvalue weighted by Crippen LogP contribution is 2.16. The molecule has 2 atom stereocenters. The molecule has 0 saturated carbocycles. The Morgan fingerprint density at radius 1 is 1.17 bits per heavy atom. The van der Waals surface area contributed by atoms with Crippen LogP contribution in [0.1, 0.15) is 33.1 Å². The molecule has 12 heavy (non-hydrogen) atoms. The molecule has 0 spiro atoms. The average Bonchev–Trinajstić information content (AvgIpc) is 2.03. The van der Waals surface area contributed by atoms with E-state index in [-0.39, 0.29) is 6.10 Å². The molecule has 0 aliphatic rings. The Bertz CT molecular complexity index is 96.5. The highest BCUT2D eigenvalue weighted by Gasteiger charge is 2.07. The summed E-state index contributed by atoms with van der Waals surface area (Å²) < 4.78 is 0. The molecule has 0 aliphatic heterocycles. The first kappa shape index (κ1) is 12.3. The third-order valence-corrected chi connectivity index (χ3v) is 3.31. The van der Waals surface area contributed by atoms with Crippen molar-refractivity contribution in [3.8, 4) is 0 Å². The number of rotatable bonds is 7. The molecule has 3 heteroatoms. The highest BCUT2D eigenvalue weighted by atomic mass is 32.2. The van der Waals surface area contributed by atoms with E-state index in [1.54, 1.807) is 11.8 Å². The molecule has 0 heterocycles. The molecule has 74 valence electrons. The van der Waals surface area contributed by atoms with Crippen LogP contribution in [0.15, 0.2) is 0 Å². The SMILES string of the molecule is CC(O)C(C)SCCCCCO. The first-order chi connectivity index (χ1) is 5.68. The lowest BCUT2D eigenvalue weighted by molar-refractivity contribution is 0.196. The van der Waals surface area contributed by atoms with Gasteiger partial charge in [0.1, 0.15) is 0 Å². The maximum atomic E-state index is 9.16. The molecule has 0 aromatic carbocycles. The summed E-state index contributed by atoms with van der Waals surface area (Å²) >= 11 is 1.80. The van der Waals surface area contributed by atoms with Crippen molar-refractivity contribution in [3.05, 3.63) is 0 Å². The Hall–Kier alpha value is 0.270. The Morgan fingerprint density at radius 2 is 1.83 bits per heavy atom. The molecular weight excluding hydrogens is 172 g/mol. The van der Waals surface area contributed by atoms with Crippen molar-refractivity contribution in [3.63, 3.8) is 0 Å². The van der Waals surface area contributed by atoms with Gasteiger partial charge in [0.15, 0.2) is 0 Å². The van der Waals surface area contributed by atoms with Gasteiger partial charge in [-0.2, -0.15) is 11.8 Å². The smallest absolute Gasteiger partial charge is 0.0627 e. The maximum absolute atomic E-state index is 9.16. The Balaban J connectivity index is 3.08. The third-order valence-electron chi connectivity index (χ3n) is 1.86. The molecule has 0 aromatic heterocycles. The van der Waals surface area contributed by atoms with Crippen LogP contribution in [-0.2, 0) is 0 Å². The average molecular weight is 192 g/mol. The topological polar surface area (TPSA) is 40.5 Å². The number of aliphatic hydroxyl groups excluding tert-OH is 2. The lowest BCUT2D eigenvalue weighted by atomic mass is 10.3. The summed E-state index contributed by atoms with van der Waals surface area (Å²) in [5, 5.41) is 18.0. The summed E-state index contributed by atoms with van der Waals surface area (Å²) in [5.41, 5.74) is 0. The summed E-state index contributed by atoms with van der Waals surface area (Å²) in [6, 6.07) is 0. The van der Waals surface area contributed by atoms with Gasteiger partial charge in [-0.3, -0.25) is 0 Å². The molecule has 0 rings (SSSR count). The summed E-state index contributed by atoms with van der Waals surface area (Å²) in [6.07, 6.45) is 2.93. The third kappa shape index (κ3) is 6.95. The monoisotopic (exact) mass is 192 g/mol. The quantitative estimate of drug-likeness (QED) is 0.603. The molecule has 0 aliphatic carbocycles. The molecule has 0 bridgehead atoms. The van der Waals surface area contributed by atoms with Crippen molar-refractivity contribution in [2.24, 2.45) is 0 Å². The van der Waals surface area contributed by atoms with Gasteiger partial charge in [-0.15, -0.1) is 0 Å². The molecule has 0 aromatic rings. The van der Waals surface area contributed by atoms with E-state index in [9.17, 15) is 0 Å². The van der Waals surface area contributed by atoms with E-state index in [1.807, 2.05) is 13.8 Å². The van der Waals surface area contributed by atoms with E-state index in [0.29, 0.717) is 11.9 Å². The lowest BCUT2D eigenvalue weighted by Crippen LogP contribution is -2.15. The minimum absolute atomic E-state index is 0.215. The first-order valence-electron chi connectivity index (χ1n) is 4.59. The number of aliphatic hydroxyl groups is 2.